The number of aryl methyl sites for hydroxylation is 1. The smallest absolute Gasteiger partial charge is 0.361 e. The van der Waals surface area contributed by atoms with Crippen LogP contribution in [0.4, 0.5) is 19.0 Å². The summed E-state index contributed by atoms with van der Waals surface area (Å²) in [6.45, 7) is 4.99. The molecule has 3 heterocycles. The highest BCUT2D eigenvalue weighted by Gasteiger charge is 2.40. The molecular formula is C26H26F3N7OS. The minimum atomic E-state index is -4.68. The maximum atomic E-state index is 13.9. The molecule has 0 bridgehead atoms. The van der Waals surface area contributed by atoms with Gasteiger partial charge in [-0.25, -0.2) is 24.9 Å². The van der Waals surface area contributed by atoms with Crippen molar-refractivity contribution >= 4 is 28.7 Å². The number of hydrogen-bond donors (Lipinski definition) is 1. The molecule has 1 atom stereocenters. The quantitative estimate of drug-likeness (QED) is 0.285. The number of benzene rings is 1. The Bertz CT molecular complexity index is 1540. The first-order valence-electron chi connectivity index (χ1n) is 12.3. The molecule has 8 nitrogen and oxygen atoms in total. The van der Waals surface area contributed by atoms with Gasteiger partial charge in [-0.3, -0.25) is 9.36 Å². The van der Waals surface area contributed by atoms with Crippen molar-refractivity contribution in [3.8, 4) is 11.4 Å². The van der Waals surface area contributed by atoms with Crippen LogP contribution in [-0.2, 0) is 6.54 Å². The Kier molecular flexibility index (Phi) is 7.08. The first-order valence-corrected chi connectivity index (χ1v) is 13.3. The SMILES string of the molecule is CCSc1ccc(CNc2nc3cnc(-c4c(C)ncnc4C4CC4)nc3n(C(C)C(F)(F)F)c2=O)cc1. The lowest BCUT2D eigenvalue weighted by atomic mass is 10.1. The van der Waals surface area contributed by atoms with E-state index in [4.69, 9.17) is 0 Å². The lowest BCUT2D eigenvalue weighted by molar-refractivity contribution is -0.162. The minimum absolute atomic E-state index is 0.0733. The predicted molar refractivity (Wildman–Crippen MR) is 140 cm³/mol. The molecule has 0 aliphatic heterocycles. The van der Waals surface area contributed by atoms with E-state index in [0.717, 1.165) is 41.7 Å². The molecule has 3 aromatic heterocycles. The molecule has 4 aromatic rings. The third-order valence-electron chi connectivity index (χ3n) is 6.44. The summed E-state index contributed by atoms with van der Waals surface area (Å²) >= 11 is 1.70. The van der Waals surface area contributed by atoms with Crippen LogP contribution in [0.15, 0.2) is 46.5 Å². The van der Waals surface area contributed by atoms with Gasteiger partial charge in [0, 0.05) is 17.4 Å². The minimum Gasteiger partial charge on any atom is -0.361 e. The van der Waals surface area contributed by atoms with Gasteiger partial charge in [-0.15, -0.1) is 11.8 Å². The molecule has 12 heteroatoms. The third kappa shape index (κ3) is 5.22. The topological polar surface area (TPSA) is 98.5 Å². The number of rotatable bonds is 8. The van der Waals surface area contributed by atoms with E-state index < -0.39 is 17.8 Å². The van der Waals surface area contributed by atoms with Crippen LogP contribution in [0.2, 0.25) is 0 Å². The fourth-order valence-electron chi connectivity index (χ4n) is 4.23. The van der Waals surface area contributed by atoms with Crippen molar-refractivity contribution in [1.82, 2.24) is 29.5 Å². The number of nitrogens with zero attached hydrogens (tertiary/aromatic N) is 6. The molecule has 0 saturated heterocycles. The first kappa shape index (κ1) is 26.1. The number of fused-ring (bicyclic) bond motifs is 1. The van der Waals surface area contributed by atoms with Gasteiger partial charge in [-0.1, -0.05) is 19.1 Å². The van der Waals surface area contributed by atoms with E-state index in [1.807, 2.05) is 24.3 Å². The number of halogens is 3. The Labute approximate surface area is 221 Å². The van der Waals surface area contributed by atoms with Crippen molar-refractivity contribution in [3.63, 3.8) is 0 Å². The molecular weight excluding hydrogens is 515 g/mol. The van der Waals surface area contributed by atoms with Crippen LogP contribution in [0.5, 0.6) is 0 Å². The summed E-state index contributed by atoms with van der Waals surface area (Å²) in [4.78, 5) is 36.3. The van der Waals surface area contributed by atoms with Gasteiger partial charge in [0.2, 0.25) is 0 Å². The van der Waals surface area contributed by atoms with E-state index in [9.17, 15) is 18.0 Å². The molecule has 1 aliphatic carbocycles. The van der Waals surface area contributed by atoms with Gasteiger partial charge < -0.3 is 5.32 Å². The Hall–Kier alpha value is -3.54. The molecule has 5 rings (SSSR count). The van der Waals surface area contributed by atoms with E-state index in [1.54, 1.807) is 18.7 Å². The van der Waals surface area contributed by atoms with Gasteiger partial charge >= 0.3 is 6.18 Å². The molecule has 1 aromatic carbocycles. The highest BCUT2D eigenvalue weighted by Crippen LogP contribution is 2.43. The van der Waals surface area contributed by atoms with E-state index >= 15 is 0 Å². The van der Waals surface area contributed by atoms with E-state index in [0.29, 0.717) is 15.8 Å². The highest BCUT2D eigenvalue weighted by atomic mass is 32.2. The van der Waals surface area contributed by atoms with Crippen molar-refractivity contribution in [1.29, 1.82) is 0 Å². The zero-order valence-electron chi connectivity index (χ0n) is 21.1. The Morgan fingerprint density at radius 1 is 1.13 bits per heavy atom. The number of alkyl halides is 3. The molecule has 1 fully saturated rings. The average Bonchev–Trinajstić information content (AvgIpc) is 3.73. The number of anilines is 1. The number of thioether (sulfide) groups is 1. The van der Waals surface area contributed by atoms with Crippen LogP contribution in [0.1, 0.15) is 55.6 Å². The maximum Gasteiger partial charge on any atom is 0.409 e. The predicted octanol–water partition coefficient (Wildman–Crippen LogP) is 5.68. The van der Waals surface area contributed by atoms with Crippen molar-refractivity contribution in [2.75, 3.05) is 11.1 Å². The van der Waals surface area contributed by atoms with Gasteiger partial charge in [0.1, 0.15) is 17.9 Å². The van der Waals surface area contributed by atoms with Crippen molar-refractivity contribution in [2.24, 2.45) is 0 Å². The van der Waals surface area contributed by atoms with Gasteiger partial charge in [0.25, 0.3) is 5.56 Å². The van der Waals surface area contributed by atoms with Crippen LogP contribution in [0.25, 0.3) is 22.6 Å². The van der Waals surface area contributed by atoms with E-state index in [-0.39, 0.29) is 35.3 Å². The molecule has 1 N–H and O–H groups in total. The maximum absolute atomic E-state index is 13.9. The molecule has 0 amide bonds. The van der Waals surface area contributed by atoms with Gasteiger partial charge in [0.05, 0.1) is 23.1 Å². The monoisotopic (exact) mass is 541 g/mol. The summed E-state index contributed by atoms with van der Waals surface area (Å²) in [6, 6.07) is 5.60. The standard InChI is InChI=1S/C26H26F3N7OS/c1-4-38-18-9-5-16(6-10-18)11-30-23-25(37)36(15(3)26(27,28)29)24-19(34-23)12-31-22(35-24)20-14(2)32-13-33-21(20)17-7-8-17/h5-6,9-10,12-13,15,17H,4,7-8,11H2,1-3H3,(H,30,34). The average molecular weight is 542 g/mol. The number of nitrogens with one attached hydrogen (secondary N) is 1. The molecule has 1 unspecified atom stereocenters. The lowest BCUT2D eigenvalue weighted by Crippen LogP contribution is -2.35. The van der Waals surface area contributed by atoms with Gasteiger partial charge in [-0.05, 0) is 50.1 Å². The summed E-state index contributed by atoms with van der Waals surface area (Å²) < 4.78 is 42.4. The largest absolute Gasteiger partial charge is 0.409 e. The summed E-state index contributed by atoms with van der Waals surface area (Å²) in [7, 11) is 0. The van der Waals surface area contributed by atoms with Crippen molar-refractivity contribution in [3.05, 3.63) is 64.1 Å². The second-order valence-electron chi connectivity index (χ2n) is 9.18. The zero-order chi connectivity index (χ0) is 27.0. The summed E-state index contributed by atoms with van der Waals surface area (Å²) in [6.07, 6.45) is 0.0536. The molecule has 38 heavy (non-hydrogen) atoms. The lowest BCUT2D eigenvalue weighted by Gasteiger charge is -2.21. The highest BCUT2D eigenvalue weighted by molar-refractivity contribution is 7.99. The molecule has 198 valence electrons. The summed E-state index contributed by atoms with van der Waals surface area (Å²) in [5.74, 6) is 1.15. The Morgan fingerprint density at radius 2 is 1.87 bits per heavy atom. The van der Waals surface area contributed by atoms with Crippen molar-refractivity contribution in [2.45, 2.75) is 63.2 Å². The fraction of sp³-hybridized carbons (Fsp3) is 0.385. The zero-order valence-corrected chi connectivity index (χ0v) is 21.9. The first-order chi connectivity index (χ1) is 18.2. The Morgan fingerprint density at radius 3 is 2.53 bits per heavy atom. The number of aromatic nitrogens is 6. The van der Waals surface area contributed by atoms with Crippen LogP contribution < -0.4 is 10.9 Å². The molecule has 1 aliphatic rings. The van der Waals surface area contributed by atoms with Crippen molar-refractivity contribution < 1.29 is 13.2 Å². The van der Waals surface area contributed by atoms with Crippen LogP contribution >= 0.6 is 11.8 Å². The summed E-state index contributed by atoms with van der Waals surface area (Å²) in [5, 5.41) is 2.91. The fourth-order valence-corrected chi connectivity index (χ4v) is 4.90. The van der Waals surface area contributed by atoms with Crippen LogP contribution in [0.3, 0.4) is 0 Å². The normalized spacial score (nSPS) is 14.6. The van der Waals surface area contributed by atoms with Gasteiger partial charge in [0.15, 0.2) is 17.3 Å². The van der Waals surface area contributed by atoms with E-state index in [2.05, 4.69) is 37.2 Å². The Balaban J connectivity index is 1.59. The van der Waals surface area contributed by atoms with E-state index in [1.165, 1.54) is 12.5 Å². The van der Waals surface area contributed by atoms with Gasteiger partial charge in [-0.2, -0.15) is 13.2 Å². The van der Waals surface area contributed by atoms with Crippen LogP contribution in [0, 0.1) is 6.92 Å². The number of hydrogen-bond acceptors (Lipinski definition) is 8. The molecule has 1 saturated carbocycles. The molecule has 0 spiro atoms. The second-order valence-corrected chi connectivity index (χ2v) is 10.5. The second kappa shape index (κ2) is 10.3. The molecule has 0 radical (unpaired) electrons. The van der Waals surface area contributed by atoms with Crippen LogP contribution in [-0.4, -0.2) is 41.4 Å². The summed E-state index contributed by atoms with van der Waals surface area (Å²) in [5.41, 5.74) is 1.81. The third-order valence-corrected chi connectivity index (χ3v) is 7.34.